The maximum Gasteiger partial charge on any atom is 0.410 e. The fourth-order valence-corrected chi connectivity index (χ4v) is 4.74. The molecule has 1 aromatic carbocycles. The van der Waals surface area contributed by atoms with Crippen LogP contribution >= 0.6 is 23.2 Å². The molecule has 3 heterocycles. The molecule has 37 heavy (non-hydrogen) atoms. The van der Waals surface area contributed by atoms with E-state index in [4.69, 9.17) is 38.4 Å². The van der Waals surface area contributed by atoms with Crippen LogP contribution in [0.4, 0.5) is 15.0 Å². The van der Waals surface area contributed by atoms with Crippen LogP contribution in [0.5, 0.6) is 5.88 Å². The van der Waals surface area contributed by atoms with E-state index in [0.717, 1.165) is 18.4 Å². The predicted octanol–water partition coefficient (Wildman–Crippen LogP) is 6.08. The summed E-state index contributed by atoms with van der Waals surface area (Å²) in [6.45, 7) is 8.39. The molecule has 0 spiro atoms. The zero-order chi connectivity index (χ0) is 26.9. The Balaban J connectivity index is 1.45. The highest BCUT2D eigenvalue weighted by atomic mass is 35.5. The van der Waals surface area contributed by atoms with E-state index in [1.165, 1.54) is 18.3 Å². The Morgan fingerprint density at radius 1 is 1.22 bits per heavy atom. The minimum absolute atomic E-state index is 0.0693. The van der Waals surface area contributed by atoms with Gasteiger partial charge in [-0.05, 0) is 52.7 Å². The molecule has 2 aromatic heterocycles. The third-order valence-corrected chi connectivity index (χ3v) is 6.64. The Morgan fingerprint density at radius 3 is 2.59 bits per heavy atom. The lowest BCUT2D eigenvalue weighted by Gasteiger charge is -2.33. The van der Waals surface area contributed by atoms with E-state index in [1.807, 2.05) is 31.6 Å². The molecular weight excluding hydrogens is 522 g/mol. The second kappa shape index (κ2) is 10.7. The third kappa shape index (κ3) is 6.24. The highest BCUT2D eigenvalue weighted by Crippen LogP contribution is 2.36. The topological polar surface area (TPSA) is 108 Å². The minimum Gasteiger partial charge on any atom is -0.467 e. The third-order valence-electron chi connectivity index (χ3n) is 5.93. The van der Waals surface area contributed by atoms with Crippen molar-refractivity contribution in [1.82, 2.24) is 24.6 Å². The largest absolute Gasteiger partial charge is 0.467 e. The number of piperidine rings is 1. The zero-order valence-corrected chi connectivity index (χ0v) is 22.6. The first-order valence-corrected chi connectivity index (χ1v) is 12.6. The first-order valence-electron chi connectivity index (χ1n) is 11.9. The summed E-state index contributed by atoms with van der Waals surface area (Å²) in [7, 11) is 0. The van der Waals surface area contributed by atoms with E-state index in [9.17, 15) is 9.18 Å². The lowest BCUT2D eigenvalue weighted by atomic mass is 10.1. The Hall–Kier alpha value is -3.11. The molecule has 2 N–H and O–H groups in total. The van der Waals surface area contributed by atoms with Crippen molar-refractivity contribution >= 4 is 35.1 Å². The van der Waals surface area contributed by atoms with Gasteiger partial charge >= 0.3 is 6.09 Å². The van der Waals surface area contributed by atoms with E-state index >= 15 is 0 Å². The number of hydrogen-bond acceptors (Lipinski definition) is 7. The standard InChI is InChI=1S/C25H29Cl2FN6O3/c1-14(20-17(26)5-6-18(28)21(20)27)36-23-22(29)30-12-19(32-23)15-11-31-34(13-15)16-7-9-33(10-8-16)24(35)37-25(2,3)4/h5-6,11-14,16H,7-10H2,1-4H3,(H2,29,30)/t14-/m1/s1. The number of halogens is 3. The number of carbonyl (C=O) groups is 1. The first-order chi connectivity index (χ1) is 17.4. The number of carbonyl (C=O) groups excluding carboxylic acids is 1. The number of anilines is 1. The van der Waals surface area contributed by atoms with Crippen molar-refractivity contribution in [2.75, 3.05) is 18.8 Å². The van der Waals surface area contributed by atoms with Gasteiger partial charge in [0.25, 0.3) is 5.88 Å². The molecule has 1 aliphatic heterocycles. The lowest BCUT2D eigenvalue weighted by Crippen LogP contribution is -2.42. The summed E-state index contributed by atoms with van der Waals surface area (Å²) in [4.78, 5) is 22.8. The normalized spacial score (nSPS) is 15.5. The molecule has 1 saturated heterocycles. The number of aromatic nitrogens is 4. The smallest absolute Gasteiger partial charge is 0.410 e. The first kappa shape index (κ1) is 26.9. The molecule has 3 aromatic rings. The van der Waals surface area contributed by atoms with Crippen LogP contribution in [0, 0.1) is 5.82 Å². The van der Waals surface area contributed by atoms with Crippen molar-refractivity contribution in [2.45, 2.75) is 58.3 Å². The van der Waals surface area contributed by atoms with Gasteiger partial charge in [-0.2, -0.15) is 5.10 Å². The fraction of sp³-hybridized carbons (Fsp3) is 0.440. The van der Waals surface area contributed by atoms with Crippen molar-refractivity contribution in [2.24, 2.45) is 0 Å². The van der Waals surface area contributed by atoms with Gasteiger partial charge in [-0.3, -0.25) is 4.68 Å². The van der Waals surface area contributed by atoms with E-state index in [-0.39, 0.29) is 33.9 Å². The van der Waals surface area contributed by atoms with Gasteiger partial charge in [-0.1, -0.05) is 23.2 Å². The van der Waals surface area contributed by atoms with Crippen molar-refractivity contribution in [1.29, 1.82) is 0 Å². The number of ether oxygens (including phenoxy) is 2. The number of nitrogens with two attached hydrogens (primary N) is 1. The highest BCUT2D eigenvalue weighted by molar-refractivity contribution is 6.36. The second-order valence-corrected chi connectivity index (χ2v) is 10.7. The molecule has 1 amide bonds. The number of hydrogen-bond donors (Lipinski definition) is 1. The molecule has 12 heteroatoms. The number of nitrogen functional groups attached to an aromatic ring is 1. The van der Waals surface area contributed by atoms with E-state index in [1.54, 1.807) is 18.0 Å². The van der Waals surface area contributed by atoms with E-state index in [0.29, 0.717) is 24.3 Å². The van der Waals surface area contributed by atoms with Gasteiger partial charge in [0.2, 0.25) is 0 Å². The van der Waals surface area contributed by atoms with E-state index < -0.39 is 17.5 Å². The van der Waals surface area contributed by atoms with Crippen molar-refractivity contribution < 1.29 is 18.7 Å². The summed E-state index contributed by atoms with van der Waals surface area (Å²) in [5.74, 6) is -0.463. The second-order valence-electron chi connectivity index (χ2n) is 9.87. The SMILES string of the molecule is C[C@@H](Oc1nc(-c2cnn(C3CCN(C(=O)OC(C)(C)C)CC3)c2)cnc1N)c1c(Cl)ccc(F)c1Cl. The average Bonchev–Trinajstić information content (AvgIpc) is 3.32. The molecular formula is C25H29Cl2FN6O3. The highest BCUT2D eigenvalue weighted by Gasteiger charge is 2.28. The molecule has 0 unspecified atom stereocenters. The van der Waals surface area contributed by atoms with Gasteiger partial charge in [0.05, 0.1) is 29.2 Å². The molecule has 1 fully saturated rings. The number of benzene rings is 1. The van der Waals surface area contributed by atoms with Gasteiger partial charge in [0, 0.05) is 35.4 Å². The van der Waals surface area contributed by atoms with Crippen LogP contribution in [-0.4, -0.2) is 49.4 Å². The molecule has 1 atom stereocenters. The Morgan fingerprint density at radius 2 is 1.92 bits per heavy atom. The molecule has 0 bridgehead atoms. The van der Waals surface area contributed by atoms with Gasteiger partial charge in [0.1, 0.15) is 17.5 Å². The Kier molecular flexibility index (Phi) is 7.80. The maximum absolute atomic E-state index is 14.0. The number of amides is 1. The van der Waals surface area contributed by atoms with Crippen LogP contribution in [0.1, 0.15) is 58.2 Å². The summed E-state index contributed by atoms with van der Waals surface area (Å²) in [5.41, 5.74) is 6.99. The lowest BCUT2D eigenvalue weighted by molar-refractivity contribution is 0.0185. The predicted molar refractivity (Wildman–Crippen MR) is 139 cm³/mol. The van der Waals surface area contributed by atoms with Crippen LogP contribution in [0.25, 0.3) is 11.3 Å². The quantitative estimate of drug-likeness (QED) is 0.383. The summed E-state index contributed by atoms with van der Waals surface area (Å²) in [6.07, 6.45) is 5.55. The van der Waals surface area contributed by atoms with Gasteiger partial charge in [-0.25, -0.2) is 19.2 Å². The van der Waals surface area contributed by atoms with Crippen LogP contribution < -0.4 is 10.5 Å². The van der Waals surface area contributed by atoms with Crippen LogP contribution in [0.15, 0.2) is 30.7 Å². The molecule has 0 aliphatic carbocycles. The molecule has 9 nitrogen and oxygen atoms in total. The summed E-state index contributed by atoms with van der Waals surface area (Å²) in [5, 5.41) is 4.65. The van der Waals surface area contributed by atoms with Gasteiger partial charge < -0.3 is 20.1 Å². The number of nitrogens with zero attached hydrogens (tertiary/aromatic N) is 5. The Labute approximate surface area is 224 Å². The van der Waals surface area contributed by atoms with Crippen LogP contribution in [-0.2, 0) is 4.74 Å². The maximum atomic E-state index is 14.0. The van der Waals surface area contributed by atoms with Crippen molar-refractivity contribution in [3.8, 4) is 17.1 Å². The average molecular weight is 551 g/mol. The molecule has 198 valence electrons. The van der Waals surface area contributed by atoms with Crippen molar-refractivity contribution in [3.05, 3.63) is 52.1 Å². The molecule has 1 aliphatic rings. The summed E-state index contributed by atoms with van der Waals surface area (Å²) >= 11 is 12.3. The molecule has 0 radical (unpaired) electrons. The summed E-state index contributed by atoms with van der Waals surface area (Å²) in [6, 6.07) is 2.73. The number of likely N-dealkylation sites (tertiary alicyclic amines) is 1. The van der Waals surface area contributed by atoms with Crippen LogP contribution in [0.2, 0.25) is 10.0 Å². The summed E-state index contributed by atoms with van der Waals surface area (Å²) < 4.78 is 27.2. The van der Waals surface area contributed by atoms with Gasteiger partial charge in [0.15, 0.2) is 5.82 Å². The zero-order valence-electron chi connectivity index (χ0n) is 21.0. The monoisotopic (exact) mass is 550 g/mol. The number of rotatable bonds is 5. The Bertz CT molecular complexity index is 1290. The molecule has 0 saturated carbocycles. The minimum atomic E-state index is -0.736. The molecule has 4 rings (SSSR count). The van der Waals surface area contributed by atoms with Crippen molar-refractivity contribution in [3.63, 3.8) is 0 Å². The van der Waals surface area contributed by atoms with Gasteiger partial charge in [-0.15, -0.1) is 0 Å². The van der Waals surface area contributed by atoms with E-state index in [2.05, 4.69) is 15.1 Å². The fourth-order valence-electron chi connectivity index (χ4n) is 4.06. The van der Waals surface area contributed by atoms with Crippen LogP contribution in [0.3, 0.4) is 0 Å².